The molecule has 158 valence electrons. The van der Waals surface area contributed by atoms with Gasteiger partial charge in [-0.15, -0.1) is 0 Å². The third kappa shape index (κ3) is 5.80. The van der Waals surface area contributed by atoms with Gasteiger partial charge < -0.3 is 15.3 Å². The Hall–Kier alpha value is -3.91. The maximum absolute atomic E-state index is 12.3. The predicted molar refractivity (Wildman–Crippen MR) is 116 cm³/mol. The first kappa shape index (κ1) is 21.8. The lowest BCUT2D eigenvalue weighted by molar-refractivity contribution is -0.384. The molecule has 0 fully saturated rings. The minimum Gasteiger partial charge on any atom is -0.489 e. The second kappa shape index (κ2) is 9.73. The molecule has 3 aromatic rings. The first-order chi connectivity index (χ1) is 14.8. The molecular weight excluding hydrogens is 422 g/mol. The summed E-state index contributed by atoms with van der Waals surface area (Å²) in [4.78, 5) is 27.4. The highest BCUT2D eigenvalue weighted by molar-refractivity contribution is 6.30. The van der Waals surface area contributed by atoms with Crippen LogP contribution < -0.4 is 10.5 Å². The highest BCUT2D eigenvalue weighted by atomic mass is 35.5. The Balaban J connectivity index is 1.64. The fourth-order valence-electron chi connectivity index (χ4n) is 2.67. The van der Waals surface area contributed by atoms with Gasteiger partial charge in [-0.2, -0.15) is 0 Å². The van der Waals surface area contributed by atoms with Crippen LogP contribution in [0.25, 0.3) is 0 Å². The topological polar surface area (TPSA) is 117 Å². The van der Waals surface area contributed by atoms with Gasteiger partial charge in [0.05, 0.1) is 10.5 Å². The highest BCUT2D eigenvalue weighted by Gasteiger charge is 2.11. The van der Waals surface area contributed by atoms with Gasteiger partial charge >= 0.3 is 5.97 Å². The van der Waals surface area contributed by atoms with Gasteiger partial charge in [-0.1, -0.05) is 28.9 Å². The number of non-ortho nitro benzene ring substituents is 1. The fourth-order valence-corrected chi connectivity index (χ4v) is 2.90. The van der Waals surface area contributed by atoms with Gasteiger partial charge in [0.25, 0.3) is 5.69 Å². The number of oxime groups is 1. The van der Waals surface area contributed by atoms with Crippen LogP contribution in [0.2, 0.25) is 5.02 Å². The van der Waals surface area contributed by atoms with Crippen LogP contribution in [-0.2, 0) is 11.4 Å². The van der Waals surface area contributed by atoms with Crippen LogP contribution in [0, 0.1) is 17.0 Å². The van der Waals surface area contributed by atoms with Crippen LogP contribution in [0.4, 0.5) is 5.69 Å². The SMILES string of the molecule is Cc1cc(Cl)ccc1OCc1cccc(C(=O)O/N=C(\N)c2ccc([N+](=O)[O-])cc2)c1. The quantitative estimate of drug-likeness (QED) is 0.189. The Kier molecular flexibility index (Phi) is 6.84. The molecule has 3 aromatic carbocycles. The van der Waals surface area contributed by atoms with Crippen molar-refractivity contribution in [1.82, 2.24) is 0 Å². The van der Waals surface area contributed by atoms with E-state index in [1.54, 1.807) is 36.4 Å². The summed E-state index contributed by atoms with van der Waals surface area (Å²) in [6, 6.07) is 17.5. The molecule has 0 saturated carbocycles. The van der Waals surface area contributed by atoms with E-state index in [0.717, 1.165) is 11.1 Å². The number of carbonyl (C=O) groups excluding carboxylic acids is 1. The molecule has 0 radical (unpaired) electrons. The lowest BCUT2D eigenvalue weighted by Gasteiger charge is -2.10. The zero-order valence-electron chi connectivity index (χ0n) is 16.4. The van der Waals surface area contributed by atoms with Crippen molar-refractivity contribution in [3.63, 3.8) is 0 Å². The Morgan fingerprint density at radius 1 is 1.10 bits per heavy atom. The first-order valence-electron chi connectivity index (χ1n) is 9.11. The van der Waals surface area contributed by atoms with Crippen molar-refractivity contribution in [2.75, 3.05) is 0 Å². The first-order valence-corrected chi connectivity index (χ1v) is 9.49. The van der Waals surface area contributed by atoms with E-state index in [-0.39, 0.29) is 23.7 Å². The lowest BCUT2D eigenvalue weighted by atomic mass is 10.1. The number of hydrogen-bond donors (Lipinski definition) is 1. The standard InChI is InChI=1S/C22H18ClN3O5/c1-14-11-18(23)7-10-20(14)30-13-15-3-2-4-17(12-15)22(27)31-25-21(24)16-5-8-19(9-6-16)26(28)29/h2-12H,13H2,1H3,(H2,24,25). The fraction of sp³-hybridized carbons (Fsp3) is 0.0909. The molecule has 0 aromatic heterocycles. The summed E-state index contributed by atoms with van der Waals surface area (Å²) >= 11 is 5.95. The maximum Gasteiger partial charge on any atom is 0.365 e. The van der Waals surface area contributed by atoms with Crippen molar-refractivity contribution >= 4 is 29.1 Å². The molecule has 0 aliphatic rings. The third-order valence-electron chi connectivity index (χ3n) is 4.29. The average Bonchev–Trinajstić information content (AvgIpc) is 2.77. The van der Waals surface area contributed by atoms with Crippen LogP contribution in [-0.4, -0.2) is 16.7 Å². The molecule has 0 bridgehead atoms. The summed E-state index contributed by atoms with van der Waals surface area (Å²) in [5.41, 5.74) is 8.03. The number of aryl methyl sites for hydroxylation is 1. The number of halogens is 1. The largest absolute Gasteiger partial charge is 0.489 e. The van der Waals surface area contributed by atoms with E-state index in [0.29, 0.717) is 16.3 Å². The number of carbonyl (C=O) groups is 1. The Labute approximate surface area is 183 Å². The zero-order chi connectivity index (χ0) is 22.4. The van der Waals surface area contributed by atoms with E-state index in [1.807, 2.05) is 13.0 Å². The van der Waals surface area contributed by atoms with Crippen molar-refractivity contribution in [1.29, 1.82) is 0 Å². The molecule has 0 amide bonds. The van der Waals surface area contributed by atoms with E-state index < -0.39 is 10.9 Å². The highest BCUT2D eigenvalue weighted by Crippen LogP contribution is 2.23. The summed E-state index contributed by atoms with van der Waals surface area (Å²) in [6.45, 7) is 2.14. The van der Waals surface area contributed by atoms with Crippen molar-refractivity contribution < 1.29 is 19.3 Å². The van der Waals surface area contributed by atoms with E-state index in [2.05, 4.69) is 5.16 Å². The minimum atomic E-state index is -0.700. The van der Waals surface area contributed by atoms with E-state index in [9.17, 15) is 14.9 Å². The Morgan fingerprint density at radius 3 is 2.52 bits per heavy atom. The van der Waals surface area contributed by atoms with Gasteiger partial charge in [-0.25, -0.2) is 4.79 Å². The monoisotopic (exact) mass is 439 g/mol. The van der Waals surface area contributed by atoms with Gasteiger partial charge in [0.2, 0.25) is 0 Å². The van der Waals surface area contributed by atoms with Crippen molar-refractivity contribution in [3.8, 4) is 5.75 Å². The van der Waals surface area contributed by atoms with E-state index in [1.165, 1.54) is 24.3 Å². The van der Waals surface area contributed by atoms with E-state index in [4.69, 9.17) is 26.9 Å². The molecule has 0 saturated heterocycles. The van der Waals surface area contributed by atoms with Gasteiger partial charge in [0, 0.05) is 22.7 Å². The number of benzene rings is 3. The minimum absolute atomic E-state index is 0.0821. The molecule has 3 rings (SSSR count). The molecule has 31 heavy (non-hydrogen) atoms. The van der Waals surface area contributed by atoms with Gasteiger partial charge in [0.15, 0.2) is 5.84 Å². The second-order valence-electron chi connectivity index (χ2n) is 6.56. The molecule has 9 heteroatoms. The molecule has 0 atom stereocenters. The summed E-state index contributed by atoms with van der Waals surface area (Å²) in [5, 5.41) is 14.9. The van der Waals surface area contributed by atoms with Gasteiger partial charge in [0.1, 0.15) is 12.4 Å². The summed E-state index contributed by atoms with van der Waals surface area (Å²) in [5.74, 6) is -0.0896. The number of nitro benzene ring substituents is 1. The molecule has 0 heterocycles. The number of nitrogens with zero attached hydrogens (tertiary/aromatic N) is 2. The van der Waals surface area contributed by atoms with Crippen LogP contribution in [0.3, 0.4) is 0 Å². The molecule has 0 unspecified atom stereocenters. The van der Waals surface area contributed by atoms with Crippen molar-refractivity contribution in [2.24, 2.45) is 10.9 Å². The molecule has 8 nitrogen and oxygen atoms in total. The Bertz CT molecular complexity index is 1150. The average molecular weight is 440 g/mol. The number of amidine groups is 1. The molecule has 0 spiro atoms. The van der Waals surface area contributed by atoms with Crippen molar-refractivity contribution in [3.05, 3.63) is 104 Å². The smallest absolute Gasteiger partial charge is 0.365 e. The molecular formula is C22H18ClN3O5. The third-order valence-corrected chi connectivity index (χ3v) is 4.53. The van der Waals surface area contributed by atoms with E-state index >= 15 is 0 Å². The van der Waals surface area contributed by atoms with Gasteiger partial charge in [-0.3, -0.25) is 10.1 Å². The number of rotatable bonds is 7. The van der Waals surface area contributed by atoms with Crippen LogP contribution >= 0.6 is 11.6 Å². The summed E-state index contributed by atoms with van der Waals surface area (Å²) in [6.07, 6.45) is 0. The lowest BCUT2D eigenvalue weighted by Crippen LogP contribution is -2.15. The second-order valence-corrected chi connectivity index (χ2v) is 6.99. The zero-order valence-corrected chi connectivity index (χ0v) is 17.2. The molecule has 2 N–H and O–H groups in total. The van der Waals surface area contributed by atoms with Crippen molar-refractivity contribution in [2.45, 2.75) is 13.5 Å². The summed E-state index contributed by atoms with van der Waals surface area (Å²) < 4.78 is 5.79. The Morgan fingerprint density at radius 2 is 1.84 bits per heavy atom. The maximum atomic E-state index is 12.3. The predicted octanol–water partition coefficient (Wildman–Crippen LogP) is 4.61. The van der Waals surface area contributed by atoms with Crippen LogP contribution in [0.5, 0.6) is 5.75 Å². The molecule has 0 aliphatic heterocycles. The normalized spacial score (nSPS) is 11.1. The molecule has 0 aliphatic carbocycles. The number of nitro groups is 1. The van der Waals surface area contributed by atoms with Gasteiger partial charge in [-0.05, 0) is 60.5 Å². The van der Waals surface area contributed by atoms with Crippen LogP contribution in [0.15, 0.2) is 71.9 Å². The summed E-state index contributed by atoms with van der Waals surface area (Å²) in [7, 11) is 0. The number of ether oxygens (including phenoxy) is 1. The number of nitrogens with two attached hydrogens (primary N) is 1. The van der Waals surface area contributed by atoms with Crippen LogP contribution in [0.1, 0.15) is 27.0 Å². The number of hydrogen-bond acceptors (Lipinski definition) is 6.